The van der Waals surface area contributed by atoms with Gasteiger partial charge in [-0.25, -0.2) is 0 Å². The second-order valence-electron chi connectivity index (χ2n) is 4.90. The summed E-state index contributed by atoms with van der Waals surface area (Å²) in [5.74, 6) is -0.175. The van der Waals surface area contributed by atoms with E-state index in [1.807, 2.05) is 24.3 Å². The van der Waals surface area contributed by atoms with Gasteiger partial charge in [0.15, 0.2) is 0 Å². The topological polar surface area (TPSA) is 43.8 Å². The molecule has 0 bridgehead atoms. The van der Waals surface area contributed by atoms with Crippen molar-refractivity contribution in [2.24, 2.45) is 0 Å². The van der Waals surface area contributed by atoms with Gasteiger partial charge in [0.05, 0.1) is 0 Å². The van der Waals surface area contributed by atoms with Crippen molar-refractivity contribution < 1.29 is 9.90 Å². The molecule has 0 aromatic heterocycles. The van der Waals surface area contributed by atoms with Crippen LogP contribution in [0, 0.1) is 0 Å². The van der Waals surface area contributed by atoms with E-state index in [-0.39, 0.29) is 5.91 Å². The summed E-state index contributed by atoms with van der Waals surface area (Å²) in [6, 6.07) is 7.83. The van der Waals surface area contributed by atoms with E-state index in [2.05, 4.69) is 4.90 Å². The maximum Gasteiger partial charge on any atom is 0.251 e. The van der Waals surface area contributed by atoms with Gasteiger partial charge in [-0.1, -0.05) is 23.7 Å². The number of aliphatic hydroxyl groups is 1. The van der Waals surface area contributed by atoms with Crippen molar-refractivity contribution in [3.05, 3.63) is 34.9 Å². The average molecular weight is 283 g/mol. The van der Waals surface area contributed by atoms with E-state index in [1.54, 1.807) is 4.90 Å². The maximum atomic E-state index is 11.6. The van der Waals surface area contributed by atoms with Crippen molar-refractivity contribution in [3.63, 3.8) is 0 Å². The lowest BCUT2D eigenvalue weighted by atomic mass is 10.2. The Morgan fingerprint density at radius 1 is 1.26 bits per heavy atom. The summed E-state index contributed by atoms with van der Waals surface area (Å²) >= 11 is 5.86. The Labute approximate surface area is 118 Å². The molecule has 4 nitrogen and oxygen atoms in total. The van der Waals surface area contributed by atoms with E-state index < -0.39 is 6.10 Å². The fourth-order valence-electron chi connectivity index (χ4n) is 2.24. The summed E-state index contributed by atoms with van der Waals surface area (Å²) in [4.78, 5) is 15.7. The zero-order valence-electron chi connectivity index (χ0n) is 11.1. The Balaban J connectivity index is 1.83. The van der Waals surface area contributed by atoms with Gasteiger partial charge in [0, 0.05) is 37.7 Å². The number of carbonyl (C=O) groups excluding carboxylic acids is 1. The molecule has 1 fully saturated rings. The summed E-state index contributed by atoms with van der Waals surface area (Å²) < 4.78 is 0. The number of aliphatic hydroxyl groups excluding tert-OH is 1. The van der Waals surface area contributed by atoms with Crippen molar-refractivity contribution in [1.82, 2.24) is 9.80 Å². The summed E-state index contributed by atoms with van der Waals surface area (Å²) in [5.41, 5.74) is 1.22. The molecule has 1 aliphatic rings. The van der Waals surface area contributed by atoms with Crippen LogP contribution in [0.2, 0.25) is 5.02 Å². The molecule has 19 heavy (non-hydrogen) atoms. The van der Waals surface area contributed by atoms with Crippen LogP contribution in [-0.2, 0) is 11.3 Å². The van der Waals surface area contributed by atoms with E-state index in [0.717, 1.165) is 24.7 Å². The highest BCUT2D eigenvalue weighted by molar-refractivity contribution is 6.30. The van der Waals surface area contributed by atoms with E-state index in [9.17, 15) is 9.90 Å². The van der Waals surface area contributed by atoms with Gasteiger partial charge in [0.1, 0.15) is 6.10 Å². The number of halogens is 1. The Morgan fingerprint density at radius 2 is 1.84 bits per heavy atom. The summed E-state index contributed by atoms with van der Waals surface area (Å²) in [6.45, 7) is 5.41. The molecule has 0 aliphatic carbocycles. The van der Waals surface area contributed by atoms with Gasteiger partial charge in [-0.05, 0) is 24.6 Å². The minimum Gasteiger partial charge on any atom is -0.384 e. The minimum atomic E-state index is -0.900. The van der Waals surface area contributed by atoms with Crippen LogP contribution in [-0.4, -0.2) is 53.1 Å². The SMILES string of the molecule is CC(O)C(=O)N1CCN(Cc2ccc(Cl)cc2)CC1. The largest absolute Gasteiger partial charge is 0.384 e. The normalized spacial score (nSPS) is 18.4. The lowest BCUT2D eigenvalue weighted by Gasteiger charge is -2.35. The van der Waals surface area contributed by atoms with Crippen molar-refractivity contribution in [2.75, 3.05) is 26.2 Å². The van der Waals surface area contributed by atoms with Gasteiger partial charge in [-0.3, -0.25) is 9.69 Å². The smallest absolute Gasteiger partial charge is 0.251 e. The van der Waals surface area contributed by atoms with E-state index in [1.165, 1.54) is 12.5 Å². The summed E-state index contributed by atoms with van der Waals surface area (Å²) in [7, 11) is 0. The number of rotatable bonds is 3. The van der Waals surface area contributed by atoms with Gasteiger partial charge in [-0.15, -0.1) is 0 Å². The van der Waals surface area contributed by atoms with Crippen molar-refractivity contribution in [3.8, 4) is 0 Å². The number of amides is 1. The van der Waals surface area contributed by atoms with E-state index in [4.69, 9.17) is 11.6 Å². The molecule has 1 aliphatic heterocycles. The Morgan fingerprint density at radius 3 is 2.37 bits per heavy atom. The first-order valence-corrected chi connectivity index (χ1v) is 6.87. The Hall–Kier alpha value is -1.10. The van der Waals surface area contributed by atoms with Crippen LogP contribution in [0.3, 0.4) is 0 Å². The molecule has 1 amide bonds. The van der Waals surface area contributed by atoms with Crippen LogP contribution >= 0.6 is 11.6 Å². The van der Waals surface area contributed by atoms with Crippen LogP contribution in [0.25, 0.3) is 0 Å². The molecule has 1 aromatic carbocycles. The average Bonchev–Trinajstić information content (AvgIpc) is 2.41. The highest BCUT2D eigenvalue weighted by Crippen LogP contribution is 2.13. The standard InChI is InChI=1S/C14H19ClN2O2/c1-11(18)14(19)17-8-6-16(7-9-17)10-12-2-4-13(15)5-3-12/h2-5,11,18H,6-10H2,1H3. The zero-order chi connectivity index (χ0) is 13.8. The molecule has 5 heteroatoms. The van der Waals surface area contributed by atoms with Gasteiger partial charge in [0.2, 0.25) is 0 Å². The van der Waals surface area contributed by atoms with Gasteiger partial charge in [-0.2, -0.15) is 0 Å². The molecule has 1 N–H and O–H groups in total. The first-order valence-electron chi connectivity index (χ1n) is 6.50. The third kappa shape index (κ3) is 3.93. The zero-order valence-corrected chi connectivity index (χ0v) is 11.8. The van der Waals surface area contributed by atoms with Crippen LogP contribution < -0.4 is 0 Å². The molecular weight excluding hydrogens is 264 g/mol. The van der Waals surface area contributed by atoms with Crippen molar-refractivity contribution in [1.29, 1.82) is 0 Å². The number of carbonyl (C=O) groups is 1. The monoisotopic (exact) mass is 282 g/mol. The second-order valence-corrected chi connectivity index (χ2v) is 5.34. The summed E-state index contributed by atoms with van der Waals surface area (Å²) in [5, 5.41) is 10.0. The highest BCUT2D eigenvalue weighted by Gasteiger charge is 2.23. The molecule has 1 aromatic rings. The minimum absolute atomic E-state index is 0.175. The third-order valence-corrected chi connectivity index (χ3v) is 3.61. The lowest BCUT2D eigenvalue weighted by Crippen LogP contribution is -2.50. The molecule has 104 valence electrons. The molecule has 2 rings (SSSR count). The highest BCUT2D eigenvalue weighted by atomic mass is 35.5. The molecular formula is C14H19ClN2O2. The first-order chi connectivity index (χ1) is 9.06. The Kier molecular flexibility index (Phi) is 4.80. The van der Waals surface area contributed by atoms with Crippen molar-refractivity contribution >= 4 is 17.5 Å². The van der Waals surface area contributed by atoms with E-state index in [0.29, 0.717) is 13.1 Å². The quantitative estimate of drug-likeness (QED) is 0.911. The number of piperazine rings is 1. The van der Waals surface area contributed by atoms with E-state index >= 15 is 0 Å². The van der Waals surface area contributed by atoms with Gasteiger partial charge >= 0.3 is 0 Å². The fraction of sp³-hybridized carbons (Fsp3) is 0.500. The molecule has 1 heterocycles. The van der Waals surface area contributed by atoms with Crippen LogP contribution in [0.1, 0.15) is 12.5 Å². The molecule has 1 saturated heterocycles. The maximum absolute atomic E-state index is 11.6. The Bertz CT molecular complexity index is 426. The molecule has 1 unspecified atom stereocenters. The molecule has 1 atom stereocenters. The molecule has 0 saturated carbocycles. The number of hydrogen-bond acceptors (Lipinski definition) is 3. The van der Waals surface area contributed by atoms with Crippen LogP contribution in [0.4, 0.5) is 0 Å². The number of benzene rings is 1. The third-order valence-electron chi connectivity index (χ3n) is 3.36. The predicted molar refractivity (Wildman–Crippen MR) is 75.0 cm³/mol. The number of nitrogens with zero attached hydrogens (tertiary/aromatic N) is 2. The molecule has 0 radical (unpaired) electrons. The predicted octanol–water partition coefficient (Wildman–Crippen LogP) is 1.36. The van der Waals surface area contributed by atoms with Gasteiger partial charge in [0.25, 0.3) is 5.91 Å². The van der Waals surface area contributed by atoms with Crippen LogP contribution in [0.15, 0.2) is 24.3 Å². The number of hydrogen-bond donors (Lipinski definition) is 1. The lowest BCUT2D eigenvalue weighted by molar-refractivity contribution is -0.141. The molecule has 0 spiro atoms. The second kappa shape index (κ2) is 6.37. The first kappa shape index (κ1) is 14.3. The summed E-state index contributed by atoms with van der Waals surface area (Å²) in [6.07, 6.45) is -0.900. The van der Waals surface area contributed by atoms with Gasteiger partial charge < -0.3 is 10.0 Å². The van der Waals surface area contributed by atoms with Crippen molar-refractivity contribution in [2.45, 2.75) is 19.6 Å². The van der Waals surface area contributed by atoms with Crippen LogP contribution in [0.5, 0.6) is 0 Å². The fourth-order valence-corrected chi connectivity index (χ4v) is 2.36.